The third-order valence-corrected chi connectivity index (χ3v) is 7.73. The Hall–Kier alpha value is -5.24. The quantitative estimate of drug-likeness (QED) is 0.203. The van der Waals surface area contributed by atoms with Crippen LogP contribution in [0.3, 0.4) is 0 Å². The van der Waals surface area contributed by atoms with Crippen LogP contribution < -0.4 is 9.80 Å². The van der Waals surface area contributed by atoms with Crippen LogP contribution in [0.5, 0.6) is 0 Å². The van der Waals surface area contributed by atoms with E-state index in [1.807, 2.05) is 72.8 Å². The summed E-state index contributed by atoms with van der Waals surface area (Å²) in [4.78, 5) is 40.5. The monoisotopic (exact) mass is 556 g/mol. The van der Waals surface area contributed by atoms with E-state index in [2.05, 4.69) is 12.1 Å². The summed E-state index contributed by atoms with van der Waals surface area (Å²) in [5, 5.41) is 3.84. The van der Waals surface area contributed by atoms with Gasteiger partial charge in [-0.1, -0.05) is 48.5 Å². The Balaban J connectivity index is 1.52. The van der Waals surface area contributed by atoms with Gasteiger partial charge in [0.2, 0.25) is 0 Å². The number of carbonyl (C=O) groups excluding carboxylic acids is 2. The Kier molecular flexibility index (Phi) is 6.31. The van der Waals surface area contributed by atoms with Crippen molar-refractivity contribution in [3.8, 4) is 0 Å². The van der Waals surface area contributed by atoms with Gasteiger partial charge in [0.1, 0.15) is 0 Å². The summed E-state index contributed by atoms with van der Waals surface area (Å²) in [5.74, 6) is 0. The fourth-order valence-electron chi connectivity index (χ4n) is 5.82. The van der Waals surface area contributed by atoms with Crippen molar-refractivity contribution in [3.63, 3.8) is 0 Å². The fraction of sp³-hybridized carbons (Fsp3) is 0.176. The predicted molar refractivity (Wildman–Crippen MR) is 165 cm³/mol. The van der Waals surface area contributed by atoms with Crippen molar-refractivity contribution >= 4 is 67.2 Å². The average Bonchev–Trinajstić information content (AvgIpc) is 3.00. The highest BCUT2D eigenvalue weighted by Gasteiger charge is 2.32. The second kappa shape index (κ2) is 10.3. The number of rotatable bonds is 2. The van der Waals surface area contributed by atoms with Crippen LogP contribution in [-0.4, -0.2) is 35.4 Å². The minimum absolute atomic E-state index is 0.138. The number of hydrogen-bond donors (Lipinski definition) is 0. The maximum Gasteiger partial charge on any atom is 0.414 e. The lowest BCUT2D eigenvalue weighted by Crippen LogP contribution is -2.38. The number of fused-ring (bicyclic) bond motifs is 8. The lowest BCUT2D eigenvalue weighted by molar-refractivity contribution is 0.159. The molecule has 7 rings (SSSR count). The second-order valence-electron chi connectivity index (χ2n) is 10.2. The molecule has 0 spiro atoms. The van der Waals surface area contributed by atoms with E-state index < -0.39 is 12.2 Å². The van der Waals surface area contributed by atoms with Crippen LogP contribution in [0.25, 0.3) is 43.6 Å². The van der Waals surface area contributed by atoms with E-state index in [9.17, 15) is 9.59 Å². The van der Waals surface area contributed by atoms with Gasteiger partial charge in [0.05, 0.1) is 59.7 Å². The van der Waals surface area contributed by atoms with Crippen LogP contribution >= 0.6 is 0 Å². The molecule has 1 aliphatic heterocycles. The van der Waals surface area contributed by atoms with E-state index in [1.165, 1.54) is 0 Å². The number of para-hydroxylation sites is 2. The first-order valence-electron chi connectivity index (χ1n) is 14.1. The largest absolute Gasteiger partial charge is 0.449 e. The van der Waals surface area contributed by atoms with Gasteiger partial charge in [-0.15, -0.1) is 0 Å². The Morgan fingerprint density at radius 1 is 0.619 bits per heavy atom. The van der Waals surface area contributed by atoms with Crippen LogP contribution in [0.4, 0.5) is 21.0 Å². The number of carbonyl (C=O) groups is 2. The molecule has 0 N–H and O–H groups in total. The Bertz CT molecular complexity index is 1890. The molecule has 3 heterocycles. The van der Waals surface area contributed by atoms with Gasteiger partial charge in [-0.2, -0.15) is 0 Å². The second-order valence-corrected chi connectivity index (χ2v) is 10.2. The molecule has 0 saturated heterocycles. The van der Waals surface area contributed by atoms with Crippen molar-refractivity contribution in [2.45, 2.75) is 26.9 Å². The number of benzene rings is 4. The predicted octanol–water partition coefficient (Wildman–Crippen LogP) is 7.73. The van der Waals surface area contributed by atoms with Crippen LogP contribution in [-0.2, 0) is 22.6 Å². The van der Waals surface area contributed by atoms with Crippen LogP contribution in [0.2, 0.25) is 0 Å². The number of anilines is 2. The van der Waals surface area contributed by atoms with E-state index in [4.69, 9.17) is 19.4 Å². The minimum Gasteiger partial charge on any atom is -0.449 e. The molecule has 6 aromatic rings. The van der Waals surface area contributed by atoms with E-state index in [0.29, 0.717) is 22.4 Å². The molecule has 8 heteroatoms. The maximum atomic E-state index is 13.6. The molecule has 1 aliphatic rings. The highest BCUT2D eigenvalue weighted by Crippen LogP contribution is 2.40. The summed E-state index contributed by atoms with van der Waals surface area (Å²) in [5.41, 5.74) is 5.80. The van der Waals surface area contributed by atoms with Crippen LogP contribution in [0, 0.1) is 0 Å². The van der Waals surface area contributed by atoms with Crippen LogP contribution in [0.15, 0.2) is 84.9 Å². The van der Waals surface area contributed by atoms with Gasteiger partial charge in [0.15, 0.2) is 0 Å². The molecule has 42 heavy (non-hydrogen) atoms. The van der Waals surface area contributed by atoms with Crippen molar-refractivity contribution in [2.24, 2.45) is 0 Å². The first kappa shape index (κ1) is 25.7. The van der Waals surface area contributed by atoms with E-state index >= 15 is 0 Å². The van der Waals surface area contributed by atoms with Gasteiger partial charge in [0.25, 0.3) is 0 Å². The summed E-state index contributed by atoms with van der Waals surface area (Å²) in [6, 6.07) is 27.7. The van der Waals surface area contributed by atoms with Crippen molar-refractivity contribution in [3.05, 3.63) is 96.1 Å². The molecule has 0 bridgehead atoms. The molecule has 0 fully saturated rings. The van der Waals surface area contributed by atoms with Crippen molar-refractivity contribution in [2.75, 3.05) is 23.0 Å². The van der Waals surface area contributed by atoms with Gasteiger partial charge >= 0.3 is 12.2 Å². The first-order chi connectivity index (χ1) is 20.6. The molecule has 208 valence electrons. The van der Waals surface area contributed by atoms with E-state index in [-0.39, 0.29) is 26.3 Å². The minimum atomic E-state index is -0.479. The Morgan fingerprint density at radius 2 is 1.05 bits per heavy atom. The normalized spacial score (nSPS) is 13.1. The maximum absolute atomic E-state index is 13.6. The lowest BCUT2D eigenvalue weighted by atomic mass is 9.99. The lowest BCUT2D eigenvalue weighted by Gasteiger charge is -2.33. The Labute approximate surface area is 242 Å². The molecular weight excluding hydrogens is 528 g/mol. The van der Waals surface area contributed by atoms with E-state index in [0.717, 1.165) is 43.7 Å². The molecule has 4 aromatic carbocycles. The van der Waals surface area contributed by atoms with Crippen molar-refractivity contribution in [1.29, 1.82) is 0 Å². The number of ether oxygens (including phenoxy) is 2. The van der Waals surface area contributed by atoms with Crippen molar-refractivity contribution < 1.29 is 19.1 Å². The highest BCUT2D eigenvalue weighted by atomic mass is 16.6. The smallest absolute Gasteiger partial charge is 0.414 e. The highest BCUT2D eigenvalue weighted by molar-refractivity contribution is 6.04. The zero-order chi connectivity index (χ0) is 28.8. The van der Waals surface area contributed by atoms with Gasteiger partial charge in [-0.3, -0.25) is 9.80 Å². The third kappa shape index (κ3) is 4.23. The molecule has 2 aromatic heterocycles. The molecule has 2 amide bonds. The standard InChI is InChI=1S/C34H28N4O4/c1-3-41-33(39)37-19-25-30(16-14-24-18-22-10-5-7-11-27(22)35-31(24)25)38(34(40)42-4-2)20-26-29(37)15-13-23-17-21-9-6-8-12-28(21)36-32(23)26/h5-18H,3-4,19-20H2,1-2H3. The molecule has 0 unspecified atom stereocenters. The molecule has 0 aliphatic carbocycles. The number of pyridine rings is 2. The SMILES string of the molecule is CCOC(=O)N1Cc2c(ccc3cc4ccccc4nc23)N(C(=O)OCC)Cc2c1ccc1cc3ccccc3nc21. The molecular formula is C34H28N4O4. The van der Waals surface area contributed by atoms with Gasteiger partial charge in [0, 0.05) is 32.7 Å². The fourth-order valence-corrected chi connectivity index (χ4v) is 5.82. The van der Waals surface area contributed by atoms with Gasteiger partial charge in [-0.05, 0) is 50.2 Å². The number of amides is 2. The summed E-state index contributed by atoms with van der Waals surface area (Å²) >= 11 is 0. The van der Waals surface area contributed by atoms with E-state index in [1.54, 1.807) is 23.6 Å². The molecule has 0 atom stereocenters. The zero-order valence-electron chi connectivity index (χ0n) is 23.3. The first-order valence-corrected chi connectivity index (χ1v) is 14.1. The molecule has 0 radical (unpaired) electrons. The summed E-state index contributed by atoms with van der Waals surface area (Å²) in [7, 11) is 0. The topological polar surface area (TPSA) is 84.9 Å². The summed E-state index contributed by atoms with van der Waals surface area (Å²) < 4.78 is 11.1. The summed E-state index contributed by atoms with van der Waals surface area (Å²) in [6.07, 6.45) is -0.959. The van der Waals surface area contributed by atoms with Gasteiger partial charge < -0.3 is 9.47 Å². The van der Waals surface area contributed by atoms with Crippen molar-refractivity contribution in [1.82, 2.24) is 9.97 Å². The molecule has 8 nitrogen and oxygen atoms in total. The van der Waals surface area contributed by atoms with Crippen LogP contribution in [0.1, 0.15) is 25.0 Å². The number of nitrogens with zero attached hydrogens (tertiary/aromatic N) is 4. The average molecular weight is 557 g/mol. The van der Waals surface area contributed by atoms with Gasteiger partial charge in [-0.25, -0.2) is 19.6 Å². The summed E-state index contributed by atoms with van der Waals surface area (Å²) in [6.45, 7) is 4.30. The molecule has 0 saturated carbocycles. The number of hydrogen-bond acceptors (Lipinski definition) is 6. The number of aromatic nitrogens is 2. The Morgan fingerprint density at radius 3 is 1.48 bits per heavy atom. The zero-order valence-corrected chi connectivity index (χ0v) is 23.3. The third-order valence-electron chi connectivity index (χ3n) is 7.73.